The van der Waals surface area contributed by atoms with Crippen LogP contribution in [0.2, 0.25) is 0 Å². The average molecular weight is 388 g/mol. The number of aromatic nitrogens is 1. The van der Waals surface area contributed by atoms with Crippen molar-refractivity contribution in [3.05, 3.63) is 65.5 Å². The van der Waals surface area contributed by atoms with Crippen LogP contribution in [0.5, 0.6) is 0 Å². The predicted octanol–water partition coefficient (Wildman–Crippen LogP) is 5.38. The summed E-state index contributed by atoms with van der Waals surface area (Å²) in [6.45, 7) is 5.35. The molecule has 0 aliphatic carbocycles. The highest BCUT2D eigenvalue weighted by molar-refractivity contribution is 7.92. The summed E-state index contributed by atoms with van der Waals surface area (Å²) in [5.41, 5.74) is 3.99. The lowest BCUT2D eigenvalue weighted by Crippen LogP contribution is -2.30. The fourth-order valence-electron chi connectivity index (χ4n) is 3.02. The highest BCUT2D eigenvalue weighted by atomic mass is 32.2. The molecule has 0 saturated carbocycles. The van der Waals surface area contributed by atoms with Crippen LogP contribution in [0.15, 0.2) is 48.8 Å². The molecule has 0 atom stereocenters. The Labute approximate surface area is 165 Å². The van der Waals surface area contributed by atoms with Crippen molar-refractivity contribution in [1.82, 2.24) is 4.98 Å². The number of pyridine rings is 1. The van der Waals surface area contributed by atoms with Crippen LogP contribution in [0.4, 0.5) is 0 Å². The molecule has 4 heteroatoms. The minimum absolute atomic E-state index is 0.315. The number of sulfone groups is 1. The predicted molar refractivity (Wildman–Crippen MR) is 114 cm³/mol. The van der Waals surface area contributed by atoms with Gasteiger partial charge in [0.1, 0.15) is 0 Å². The van der Waals surface area contributed by atoms with Crippen molar-refractivity contribution in [1.29, 1.82) is 0 Å². The molecule has 0 amide bonds. The molecule has 3 nitrogen and oxygen atoms in total. The Morgan fingerprint density at radius 2 is 1.26 bits per heavy atom. The molecular weight excluding hydrogens is 354 g/mol. The van der Waals surface area contributed by atoms with E-state index in [4.69, 9.17) is 0 Å². The van der Waals surface area contributed by atoms with Gasteiger partial charge in [-0.1, -0.05) is 43.5 Å². The number of nitrogens with zero attached hydrogens (tertiary/aromatic N) is 1. The number of aryl methyl sites for hydroxylation is 1. The van der Waals surface area contributed by atoms with Crippen molar-refractivity contribution in [2.45, 2.75) is 70.5 Å². The van der Waals surface area contributed by atoms with E-state index in [1.807, 2.05) is 12.4 Å². The van der Waals surface area contributed by atoms with Gasteiger partial charge in [-0.2, -0.15) is 0 Å². The van der Waals surface area contributed by atoms with Crippen molar-refractivity contribution in [3.8, 4) is 0 Å². The first-order chi connectivity index (χ1) is 12.8. The van der Waals surface area contributed by atoms with Crippen LogP contribution in [0.25, 0.3) is 0 Å². The smallest absolute Gasteiger partial charge is 0.155 e. The van der Waals surface area contributed by atoms with Gasteiger partial charge >= 0.3 is 0 Å². The van der Waals surface area contributed by atoms with Gasteiger partial charge in [0.15, 0.2) is 9.84 Å². The van der Waals surface area contributed by atoms with Gasteiger partial charge in [-0.3, -0.25) is 4.98 Å². The van der Waals surface area contributed by atoms with E-state index in [2.05, 4.69) is 41.4 Å². The Bertz CT molecular complexity index is 775. The maximum Gasteiger partial charge on any atom is 0.155 e. The maximum absolute atomic E-state index is 12.1. The molecule has 0 saturated heterocycles. The van der Waals surface area contributed by atoms with Crippen molar-refractivity contribution < 1.29 is 8.42 Å². The highest BCUT2D eigenvalue weighted by Gasteiger charge is 2.27. The highest BCUT2D eigenvalue weighted by Crippen LogP contribution is 2.18. The fourth-order valence-corrected chi connectivity index (χ4v) is 4.21. The lowest BCUT2D eigenvalue weighted by molar-refractivity contribution is 0.552. The minimum atomic E-state index is -2.96. The Hall–Kier alpha value is -1.68. The maximum atomic E-state index is 12.1. The second-order valence-electron chi connectivity index (χ2n) is 8.30. The standard InChI is InChI=1S/C23H33NO2S/c1-23(2,3)27(25,26)18-8-6-4-5-7-9-20-10-12-21(13-11-20)19-22-14-16-24-17-15-22/h10-17H,4-9,18-19H2,1-3H3. The Morgan fingerprint density at radius 1 is 0.741 bits per heavy atom. The molecular formula is C23H33NO2S. The number of hydrogen-bond acceptors (Lipinski definition) is 3. The van der Waals surface area contributed by atoms with Crippen molar-refractivity contribution >= 4 is 9.84 Å². The second-order valence-corrected chi connectivity index (χ2v) is 11.2. The molecule has 0 aliphatic rings. The fraction of sp³-hybridized carbons (Fsp3) is 0.522. The van der Waals surface area contributed by atoms with Gasteiger partial charge in [0.05, 0.1) is 10.5 Å². The zero-order valence-corrected chi connectivity index (χ0v) is 17.8. The largest absolute Gasteiger partial charge is 0.265 e. The molecule has 0 unspecified atom stereocenters. The van der Waals surface area contributed by atoms with Gasteiger partial charge in [-0.25, -0.2) is 8.42 Å². The molecule has 1 aromatic heterocycles. The molecule has 1 heterocycles. The monoisotopic (exact) mass is 387 g/mol. The minimum Gasteiger partial charge on any atom is -0.265 e. The van der Waals surface area contributed by atoms with Crippen LogP contribution >= 0.6 is 0 Å². The van der Waals surface area contributed by atoms with Gasteiger partial charge in [0, 0.05) is 12.4 Å². The lowest BCUT2D eigenvalue weighted by atomic mass is 10.0. The summed E-state index contributed by atoms with van der Waals surface area (Å²) in [5, 5.41) is 0. The quantitative estimate of drug-likeness (QED) is 0.514. The van der Waals surface area contributed by atoms with E-state index in [9.17, 15) is 8.42 Å². The van der Waals surface area contributed by atoms with Gasteiger partial charge in [0.2, 0.25) is 0 Å². The summed E-state index contributed by atoms with van der Waals surface area (Å²) in [4.78, 5) is 4.05. The van der Waals surface area contributed by atoms with E-state index in [0.717, 1.165) is 44.9 Å². The summed E-state index contributed by atoms with van der Waals surface area (Å²) in [7, 11) is -2.96. The third-order valence-electron chi connectivity index (χ3n) is 4.99. The Morgan fingerprint density at radius 3 is 1.89 bits per heavy atom. The van der Waals surface area contributed by atoms with Crippen LogP contribution in [0.3, 0.4) is 0 Å². The van der Waals surface area contributed by atoms with Crippen molar-refractivity contribution in [3.63, 3.8) is 0 Å². The lowest BCUT2D eigenvalue weighted by Gasteiger charge is -2.18. The van der Waals surface area contributed by atoms with Gasteiger partial charge in [0.25, 0.3) is 0 Å². The van der Waals surface area contributed by atoms with E-state index in [1.54, 1.807) is 20.8 Å². The third-order valence-corrected chi connectivity index (χ3v) is 7.68. The van der Waals surface area contributed by atoms with Gasteiger partial charge < -0.3 is 0 Å². The number of hydrogen-bond donors (Lipinski definition) is 0. The van der Waals surface area contributed by atoms with Crippen LogP contribution in [0, 0.1) is 0 Å². The molecule has 148 valence electrons. The summed E-state index contributed by atoms with van der Waals surface area (Å²) < 4.78 is 23.5. The molecule has 2 rings (SSSR count). The van der Waals surface area contributed by atoms with Crippen LogP contribution < -0.4 is 0 Å². The van der Waals surface area contributed by atoms with Gasteiger partial charge in [-0.15, -0.1) is 0 Å². The molecule has 0 N–H and O–H groups in total. The molecule has 0 bridgehead atoms. The number of unbranched alkanes of at least 4 members (excludes halogenated alkanes) is 4. The molecule has 0 spiro atoms. The molecule has 27 heavy (non-hydrogen) atoms. The molecule has 2 aromatic rings. The first-order valence-corrected chi connectivity index (χ1v) is 11.6. The van der Waals surface area contributed by atoms with E-state index < -0.39 is 14.6 Å². The zero-order chi connectivity index (χ0) is 19.8. The van der Waals surface area contributed by atoms with Gasteiger partial charge in [-0.05, 0) is 75.3 Å². The zero-order valence-electron chi connectivity index (χ0n) is 16.9. The summed E-state index contributed by atoms with van der Waals surface area (Å²) in [6.07, 6.45) is 10.9. The third kappa shape index (κ3) is 7.45. The molecule has 0 radical (unpaired) electrons. The second kappa shape index (κ2) is 10.0. The molecule has 0 fully saturated rings. The number of rotatable bonds is 10. The van der Waals surface area contributed by atoms with Crippen LogP contribution in [-0.2, 0) is 22.7 Å². The van der Waals surface area contributed by atoms with E-state index in [-0.39, 0.29) is 0 Å². The first kappa shape index (κ1) is 21.6. The van der Waals surface area contributed by atoms with Crippen LogP contribution in [0.1, 0.15) is 69.6 Å². The van der Waals surface area contributed by atoms with E-state index in [0.29, 0.717) is 5.75 Å². The SMILES string of the molecule is CC(C)(C)S(=O)(=O)CCCCCCCc1ccc(Cc2ccncc2)cc1. The summed E-state index contributed by atoms with van der Waals surface area (Å²) in [5.74, 6) is 0.315. The summed E-state index contributed by atoms with van der Waals surface area (Å²) in [6, 6.07) is 13.0. The normalized spacial score (nSPS) is 12.3. The van der Waals surface area contributed by atoms with E-state index >= 15 is 0 Å². The number of benzene rings is 1. The topological polar surface area (TPSA) is 47.0 Å². The van der Waals surface area contributed by atoms with Crippen molar-refractivity contribution in [2.24, 2.45) is 0 Å². The molecule has 1 aromatic carbocycles. The van der Waals surface area contributed by atoms with Crippen LogP contribution in [-0.4, -0.2) is 23.9 Å². The van der Waals surface area contributed by atoms with Crippen molar-refractivity contribution in [2.75, 3.05) is 5.75 Å². The Balaban J connectivity index is 1.62. The summed E-state index contributed by atoms with van der Waals surface area (Å²) >= 11 is 0. The average Bonchev–Trinajstić information content (AvgIpc) is 2.62. The first-order valence-electron chi connectivity index (χ1n) is 9.97. The van der Waals surface area contributed by atoms with E-state index in [1.165, 1.54) is 16.7 Å². The Kier molecular flexibility index (Phi) is 8.03. The molecule has 0 aliphatic heterocycles.